The molecule has 3 rings (SSSR count). The predicted octanol–water partition coefficient (Wildman–Crippen LogP) is 5.31. The van der Waals surface area contributed by atoms with Crippen molar-refractivity contribution in [2.45, 2.75) is 6.42 Å². The lowest BCUT2D eigenvalue weighted by Gasteiger charge is -2.04. The Morgan fingerprint density at radius 1 is 1.20 bits per heavy atom. The molecule has 0 bridgehead atoms. The average molecular weight is 393 g/mol. The average Bonchev–Trinajstić information content (AvgIpc) is 3.05. The maximum atomic E-state index is 12.2. The first-order valence-corrected chi connectivity index (χ1v) is 9.02. The second kappa shape index (κ2) is 7.87. The molecular formula is C18H14Cl2N2O2S. The van der Waals surface area contributed by atoms with Gasteiger partial charge in [0, 0.05) is 10.9 Å². The Morgan fingerprint density at radius 2 is 2.04 bits per heavy atom. The molecule has 1 N–H and O–H groups in total. The van der Waals surface area contributed by atoms with Crippen molar-refractivity contribution in [2.75, 3.05) is 12.4 Å². The number of thiazole rings is 1. The van der Waals surface area contributed by atoms with E-state index in [1.54, 1.807) is 19.2 Å². The smallest absolute Gasteiger partial charge is 0.230 e. The Bertz CT molecular complexity index is 912. The van der Waals surface area contributed by atoms with Crippen molar-refractivity contribution >= 4 is 45.6 Å². The highest BCUT2D eigenvalue weighted by molar-refractivity contribution is 7.14. The van der Waals surface area contributed by atoms with Gasteiger partial charge in [-0.2, -0.15) is 0 Å². The Morgan fingerprint density at radius 3 is 2.80 bits per heavy atom. The van der Waals surface area contributed by atoms with Crippen LogP contribution in [0.5, 0.6) is 5.75 Å². The second-order valence-corrected chi connectivity index (χ2v) is 6.92. The lowest BCUT2D eigenvalue weighted by molar-refractivity contribution is -0.115. The zero-order chi connectivity index (χ0) is 17.8. The summed E-state index contributed by atoms with van der Waals surface area (Å²) in [5.74, 6) is 0.588. The number of ether oxygens (including phenoxy) is 1. The van der Waals surface area contributed by atoms with Crippen LogP contribution in [0, 0.1) is 0 Å². The molecule has 0 saturated heterocycles. The molecule has 0 aliphatic heterocycles. The molecule has 7 heteroatoms. The van der Waals surface area contributed by atoms with E-state index in [2.05, 4.69) is 10.3 Å². The Hall–Kier alpha value is -2.08. The highest BCUT2D eigenvalue weighted by Gasteiger charge is 2.10. The van der Waals surface area contributed by atoms with Crippen molar-refractivity contribution in [3.05, 3.63) is 63.5 Å². The number of halogens is 2. The van der Waals surface area contributed by atoms with Crippen LogP contribution in [0.2, 0.25) is 10.0 Å². The molecule has 0 aliphatic carbocycles. The van der Waals surface area contributed by atoms with Gasteiger partial charge >= 0.3 is 0 Å². The number of hydrogen-bond acceptors (Lipinski definition) is 4. The van der Waals surface area contributed by atoms with Crippen LogP contribution in [0.1, 0.15) is 5.56 Å². The van der Waals surface area contributed by atoms with E-state index in [1.165, 1.54) is 11.3 Å². The van der Waals surface area contributed by atoms with Crippen molar-refractivity contribution in [1.82, 2.24) is 4.98 Å². The molecule has 128 valence electrons. The van der Waals surface area contributed by atoms with Crippen LogP contribution in [-0.2, 0) is 11.2 Å². The number of carbonyl (C=O) groups excluding carboxylic acids is 1. The summed E-state index contributed by atoms with van der Waals surface area (Å²) in [7, 11) is 1.60. The number of hydrogen-bond donors (Lipinski definition) is 1. The number of rotatable bonds is 5. The maximum Gasteiger partial charge on any atom is 0.230 e. The Balaban J connectivity index is 1.68. The molecule has 2 aromatic carbocycles. The van der Waals surface area contributed by atoms with E-state index in [0.29, 0.717) is 15.2 Å². The van der Waals surface area contributed by atoms with Crippen LogP contribution in [0.3, 0.4) is 0 Å². The minimum atomic E-state index is -0.136. The first kappa shape index (κ1) is 17.7. The van der Waals surface area contributed by atoms with Gasteiger partial charge in [0.15, 0.2) is 5.13 Å². The lowest BCUT2D eigenvalue weighted by atomic mass is 10.1. The quantitative estimate of drug-likeness (QED) is 0.640. The molecule has 0 aliphatic rings. The third kappa shape index (κ3) is 4.51. The van der Waals surface area contributed by atoms with Crippen molar-refractivity contribution in [3.63, 3.8) is 0 Å². The van der Waals surface area contributed by atoms with Crippen LogP contribution in [0.4, 0.5) is 5.13 Å². The number of benzene rings is 2. The predicted molar refractivity (Wildman–Crippen MR) is 103 cm³/mol. The summed E-state index contributed by atoms with van der Waals surface area (Å²) in [6.07, 6.45) is 0.249. The number of methoxy groups -OCH3 is 1. The van der Waals surface area contributed by atoms with Crippen molar-refractivity contribution < 1.29 is 9.53 Å². The van der Waals surface area contributed by atoms with Gasteiger partial charge in [0.25, 0.3) is 0 Å². The van der Waals surface area contributed by atoms with Gasteiger partial charge in [-0.25, -0.2) is 4.98 Å². The minimum absolute atomic E-state index is 0.136. The van der Waals surface area contributed by atoms with E-state index in [-0.39, 0.29) is 12.3 Å². The molecule has 0 saturated carbocycles. The topological polar surface area (TPSA) is 51.2 Å². The van der Waals surface area contributed by atoms with Crippen LogP contribution in [-0.4, -0.2) is 18.0 Å². The summed E-state index contributed by atoms with van der Waals surface area (Å²) >= 11 is 13.3. The molecule has 25 heavy (non-hydrogen) atoms. The monoisotopic (exact) mass is 392 g/mol. The first-order valence-electron chi connectivity index (χ1n) is 7.39. The SMILES string of the molecule is COc1cccc(CC(=O)Nc2nc(-c3ccc(Cl)c(Cl)c3)cs2)c1. The lowest BCUT2D eigenvalue weighted by Crippen LogP contribution is -2.14. The van der Waals surface area contributed by atoms with Crippen LogP contribution >= 0.6 is 34.5 Å². The molecule has 1 aromatic heterocycles. The molecule has 0 spiro atoms. The summed E-state index contributed by atoms with van der Waals surface area (Å²) in [6, 6.07) is 12.7. The number of amides is 1. The van der Waals surface area contributed by atoms with Gasteiger partial charge in [0.1, 0.15) is 5.75 Å². The standard InChI is InChI=1S/C18H14Cl2N2O2S/c1-24-13-4-2-3-11(7-13)8-17(23)22-18-21-16(10-25-18)12-5-6-14(19)15(20)9-12/h2-7,9-10H,8H2,1H3,(H,21,22,23). The van der Waals surface area contributed by atoms with Gasteiger partial charge in [-0.1, -0.05) is 41.4 Å². The highest BCUT2D eigenvalue weighted by Crippen LogP contribution is 2.30. The van der Waals surface area contributed by atoms with Gasteiger partial charge in [-0.3, -0.25) is 4.79 Å². The van der Waals surface area contributed by atoms with Gasteiger partial charge in [0.2, 0.25) is 5.91 Å². The number of carbonyl (C=O) groups is 1. The summed E-state index contributed by atoms with van der Waals surface area (Å²) < 4.78 is 5.16. The van der Waals surface area contributed by atoms with Crippen molar-refractivity contribution in [2.24, 2.45) is 0 Å². The normalized spacial score (nSPS) is 10.5. The van der Waals surface area contributed by atoms with E-state index in [1.807, 2.05) is 35.7 Å². The summed E-state index contributed by atoms with van der Waals surface area (Å²) in [4.78, 5) is 16.6. The second-order valence-electron chi connectivity index (χ2n) is 5.24. The Labute approximate surface area is 159 Å². The molecule has 0 fully saturated rings. The third-order valence-corrected chi connectivity index (χ3v) is 4.96. The number of aromatic nitrogens is 1. The molecule has 1 amide bonds. The van der Waals surface area contributed by atoms with Gasteiger partial charge < -0.3 is 10.1 Å². The zero-order valence-electron chi connectivity index (χ0n) is 13.3. The van der Waals surface area contributed by atoms with Gasteiger partial charge in [-0.15, -0.1) is 11.3 Å². The fourth-order valence-electron chi connectivity index (χ4n) is 2.25. The largest absolute Gasteiger partial charge is 0.497 e. The summed E-state index contributed by atoms with van der Waals surface area (Å²) in [5, 5.41) is 6.17. The van der Waals surface area contributed by atoms with Gasteiger partial charge in [-0.05, 0) is 29.8 Å². The number of nitrogens with one attached hydrogen (secondary N) is 1. The third-order valence-electron chi connectivity index (χ3n) is 3.46. The maximum absolute atomic E-state index is 12.2. The molecular weight excluding hydrogens is 379 g/mol. The molecule has 3 aromatic rings. The number of nitrogens with zero attached hydrogens (tertiary/aromatic N) is 1. The van der Waals surface area contributed by atoms with Crippen LogP contribution in [0.25, 0.3) is 11.3 Å². The molecule has 0 radical (unpaired) electrons. The molecule has 4 nitrogen and oxygen atoms in total. The van der Waals surface area contributed by atoms with E-state index < -0.39 is 0 Å². The zero-order valence-corrected chi connectivity index (χ0v) is 15.6. The van der Waals surface area contributed by atoms with E-state index in [9.17, 15) is 4.79 Å². The molecule has 0 atom stereocenters. The molecule has 0 unspecified atom stereocenters. The van der Waals surface area contributed by atoms with E-state index >= 15 is 0 Å². The van der Waals surface area contributed by atoms with E-state index in [0.717, 1.165) is 22.6 Å². The van der Waals surface area contributed by atoms with Crippen molar-refractivity contribution in [3.8, 4) is 17.0 Å². The summed E-state index contributed by atoms with van der Waals surface area (Å²) in [6.45, 7) is 0. The van der Waals surface area contributed by atoms with Crippen molar-refractivity contribution in [1.29, 1.82) is 0 Å². The fraction of sp³-hybridized carbons (Fsp3) is 0.111. The van der Waals surface area contributed by atoms with Crippen LogP contribution < -0.4 is 10.1 Å². The fourth-order valence-corrected chi connectivity index (χ4v) is 3.28. The van der Waals surface area contributed by atoms with Crippen LogP contribution in [0.15, 0.2) is 47.8 Å². The minimum Gasteiger partial charge on any atom is -0.497 e. The first-order chi connectivity index (χ1) is 12.0. The molecule has 1 heterocycles. The van der Waals surface area contributed by atoms with Gasteiger partial charge in [0.05, 0.1) is 29.3 Å². The Kier molecular flexibility index (Phi) is 5.58. The van der Waals surface area contributed by atoms with E-state index in [4.69, 9.17) is 27.9 Å². The summed E-state index contributed by atoms with van der Waals surface area (Å²) in [5.41, 5.74) is 2.46. The number of anilines is 1. The highest BCUT2D eigenvalue weighted by atomic mass is 35.5.